The van der Waals surface area contributed by atoms with Crippen LogP contribution in [0, 0.1) is 22.2 Å². The molecule has 2 unspecified atom stereocenters. The topological polar surface area (TPSA) is 26.3 Å². The molecule has 0 aromatic rings. The minimum Gasteiger partial charge on any atom is -0.462 e. The number of esters is 1. The molecule has 0 aromatic heterocycles. The number of halogens is 6. The van der Waals surface area contributed by atoms with Crippen molar-refractivity contribution in [1.82, 2.24) is 0 Å². The largest absolute Gasteiger partial charge is 0.462 e. The van der Waals surface area contributed by atoms with E-state index in [1.165, 1.54) is 0 Å². The Balaban J connectivity index is 5.64. The van der Waals surface area contributed by atoms with E-state index in [1.54, 1.807) is 6.92 Å². The van der Waals surface area contributed by atoms with Crippen LogP contribution in [0.3, 0.4) is 0 Å². The molecule has 0 radical (unpaired) electrons. The summed E-state index contributed by atoms with van der Waals surface area (Å²) in [6, 6.07) is 0. The Morgan fingerprint density at radius 3 is 1.61 bits per heavy atom. The van der Waals surface area contributed by atoms with Gasteiger partial charge >= 0.3 is 18.3 Å². The van der Waals surface area contributed by atoms with Crippen LogP contribution >= 0.6 is 0 Å². The van der Waals surface area contributed by atoms with Crippen LogP contribution in [0.2, 0.25) is 0 Å². The van der Waals surface area contributed by atoms with E-state index in [0.717, 1.165) is 13.3 Å². The highest BCUT2D eigenvalue weighted by Crippen LogP contribution is 2.51. The van der Waals surface area contributed by atoms with Gasteiger partial charge in [-0.25, -0.2) is 0 Å². The van der Waals surface area contributed by atoms with Gasteiger partial charge in [-0.2, -0.15) is 26.3 Å². The summed E-state index contributed by atoms with van der Waals surface area (Å²) in [5.74, 6) is -4.28. The van der Waals surface area contributed by atoms with Crippen molar-refractivity contribution in [2.75, 3.05) is 0 Å². The molecule has 0 saturated heterocycles. The lowest BCUT2D eigenvalue weighted by Gasteiger charge is -2.46. The average molecular weight is 420 g/mol. The molecule has 2 nitrogen and oxygen atoms in total. The monoisotopic (exact) mass is 420 g/mol. The molecule has 2 atom stereocenters. The van der Waals surface area contributed by atoms with Crippen molar-refractivity contribution in [2.45, 2.75) is 99.5 Å². The predicted molar refractivity (Wildman–Crippen MR) is 96.6 cm³/mol. The average Bonchev–Trinajstić information content (AvgIpc) is 2.49. The fraction of sp³-hybridized carbons (Fsp3) is 0.950. The molecule has 28 heavy (non-hydrogen) atoms. The lowest BCUT2D eigenvalue weighted by atomic mass is 9.58. The zero-order valence-electron chi connectivity index (χ0n) is 18.1. The summed E-state index contributed by atoms with van der Waals surface area (Å²) in [6.07, 6.45) is -12.0. The molecule has 0 amide bonds. The first kappa shape index (κ1) is 27.0. The molecule has 0 bridgehead atoms. The van der Waals surface area contributed by atoms with Crippen molar-refractivity contribution in [3.8, 4) is 0 Å². The number of hydrogen-bond donors (Lipinski definition) is 0. The molecule has 0 fully saturated rings. The molecule has 0 aromatic carbocycles. The van der Waals surface area contributed by atoms with Crippen LogP contribution in [0.5, 0.6) is 0 Å². The zero-order valence-corrected chi connectivity index (χ0v) is 18.1. The molecule has 8 heteroatoms. The minimum absolute atomic E-state index is 0.246. The first-order chi connectivity index (χ1) is 12.2. The van der Waals surface area contributed by atoms with E-state index in [1.807, 2.05) is 41.5 Å². The van der Waals surface area contributed by atoms with E-state index >= 15 is 0 Å². The highest BCUT2D eigenvalue weighted by atomic mass is 19.4. The van der Waals surface area contributed by atoms with E-state index in [2.05, 4.69) is 0 Å². The van der Waals surface area contributed by atoms with Gasteiger partial charge < -0.3 is 4.74 Å². The Hall–Kier alpha value is -0.950. The quantitative estimate of drug-likeness (QED) is 0.289. The molecule has 0 aliphatic carbocycles. The molecule has 0 aliphatic rings. The Kier molecular flexibility index (Phi) is 8.52. The number of rotatable bonds is 9. The molecule has 0 rings (SSSR count). The summed E-state index contributed by atoms with van der Waals surface area (Å²) >= 11 is 0. The highest BCUT2D eigenvalue weighted by Gasteiger charge is 2.57. The normalized spacial score (nSPS) is 17.4. The van der Waals surface area contributed by atoms with Gasteiger partial charge in [0.1, 0.15) is 0 Å². The summed E-state index contributed by atoms with van der Waals surface area (Å²) in [4.78, 5) is 13.0. The molecule has 0 spiro atoms. The van der Waals surface area contributed by atoms with Crippen molar-refractivity contribution < 1.29 is 35.9 Å². The molecular weight excluding hydrogens is 386 g/mol. The molecule has 0 saturated carbocycles. The van der Waals surface area contributed by atoms with Crippen LogP contribution < -0.4 is 0 Å². The van der Waals surface area contributed by atoms with Gasteiger partial charge in [0.2, 0.25) is 0 Å². The Morgan fingerprint density at radius 1 is 0.857 bits per heavy atom. The zero-order chi connectivity index (χ0) is 22.8. The summed E-state index contributed by atoms with van der Waals surface area (Å²) < 4.78 is 82.0. The van der Waals surface area contributed by atoms with Crippen LogP contribution in [0.1, 0.15) is 81.1 Å². The lowest BCUT2D eigenvalue weighted by molar-refractivity contribution is -0.290. The van der Waals surface area contributed by atoms with Crippen LogP contribution in [-0.2, 0) is 9.53 Å². The van der Waals surface area contributed by atoms with Crippen LogP contribution in [0.15, 0.2) is 0 Å². The van der Waals surface area contributed by atoms with Crippen molar-refractivity contribution in [3.05, 3.63) is 0 Å². The van der Waals surface area contributed by atoms with Crippen molar-refractivity contribution in [3.63, 3.8) is 0 Å². The number of carbonyl (C=O) groups is 1. The minimum atomic E-state index is -5.45. The number of ether oxygens (including phenoxy) is 1. The van der Waals surface area contributed by atoms with Gasteiger partial charge in [0.25, 0.3) is 0 Å². The Morgan fingerprint density at radius 2 is 1.29 bits per heavy atom. The summed E-state index contributed by atoms with van der Waals surface area (Å²) in [6.45, 7) is 14.3. The van der Waals surface area contributed by atoms with Crippen molar-refractivity contribution in [2.24, 2.45) is 22.2 Å². The van der Waals surface area contributed by atoms with Crippen LogP contribution in [0.25, 0.3) is 0 Å². The van der Waals surface area contributed by atoms with Crippen LogP contribution in [-0.4, -0.2) is 24.4 Å². The molecular formula is C20H34F6O2. The lowest BCUT2D eigenvalue weighted by Crippen LogP contribution is -2.47. The van der Waals surface area contributed by atoms with Gasteiger partial charge in [-0.15, -0.1) is 0 Å². The maximum atomic E-state index is 13.0. The van der Waals surface area contributed by atoms with E-state index in [-0.39, 0.29) is 5.41 Å². The standard InChI is InChI=1S/C20H34F6O2/c1-9-16(4,5)12-18(8,17(6,7)10-2)15(27)28-13(3)11-14(19(21,22)23)20(24,25)26/h13-14H,9-12H2,1-8H3. The molecule has 0 aliphatic heterocycles. The molecule has 168 valence electrons. The number of alkyl halides is 6. The maximum absolute atomic E-state index is 13.0. The smallest absolute Gasteiger partial charge is 0.400 e. The second-order valence-corrected chi connectivity index (χ2v) is 9.35. The third-order valence-corrected chi connectivity index (χ3v) is 6.28. The summed E-state index contributed by atoms with van der Waals surface area (Å²) in [5.41, 5.74) is -1.85. The predicted octanol–water partition coefficient (Wildman–Crippen LogP) is 7.32. The fourth-order valence-electron chi connectivity index (χ4n) is 3.21. The van der Waals surface area contributed by atoms with Crippen LogP contribution in [0.4, 0.5) is 26.3 Å². The summed E-state index contributed by atoms with van der Waals surface area (Å²) in [7, 11) is 0. The van der Waals surface area contributed by atoms with Gasteiger partial charge in [0, 0.05) is 6.42 Å². The maximum Gasteiger partial charge on any atom is 0.400 e. The van der Waals surface area contributed by atoms with Crippen molar-refractivity contribution in [1.29, 1.82) is 0 Å². The summed E-state index contributed by atoms with van der Waals surface area (Å²) in [5, 5.41) is 0. The van der Waals surface area contributed by atoms with E-state index in [4.69, 9.17) is 4.74 Å². The van der Waals surface area contributed by atoms with Gasteiger partial charge in [-0.3, -0.25) is 4.79 Å². The number of carbonyl (C=O) groups excluding carboxylic acids is 1. The fourth-order valence-corrected chi connectivity index (χ4v) is 3.21. The number of hydrogen-bond acceptors (Lipinski definition) is 2. The first-order valence-electron chi connectivity index (χ1n) is 9.58. The van der Waals surface area contributed by atoms with E-state index < -0.39 is 47.6 Å². The molecule has 0 N–H and O–H groups in total. The van der Waals surface area contributed by atoms with Gasteiger partial charge in [-0.1, -0.05) is 48.0 Å². The molecule has 0 heterocycles. The van der Waals surface area contributed by atoms with Gasteiger partial charge in [-0.05, 0) is 37.5 Å². The van der Waals surface area contributed by atoms with E-state index in [9.17, 15) is 31.1 Å². The van der Waals surface area contributed by atoms with Gasteiger partial charge in [0.15, 0.2) is 5.92 Å². The van der Waals surface area contributed by atoms with Crippen molar-refractivity contribution >= 4 is 5.97 Å². The van der Waals surface area contributed by atoms with E-state index in [0.29, 0.717) is 12.8 Å². The Labute approximate surface area is 164 Å². The highest BCUT2D eigenvalue weighted by molar-refractivity contribution is 5.77. The first-order valence-corrected chi connectivity index (χ1v) is 9.58. The third kappa shape index (κ3) is 6.83. The Bertz CT molecular complexity index is 508. The second kappa shape index (κ2) is 8.82. The third-order valence-electron chi connectivity index (χ3n) is 6.28. The van der Waals surface area contributed by atoms with Gasteiger partial charge in [0.05, 0.1) is 11.5 Å². The SMILES string of the molecule is CCC(C)(C)CC(C)(C(=O)OC(C)CC(C(F)(F)F)C(F)(F)F)C(C)(C)CC. The second-order valence-electron chi connectivity index (χ2n) is 9.35.